The number of para-hydroxylation sites is 1. The SMILES string of the molecule is c1ccc(N(c2ccc3ccccc3c2)c2ccc3sc4ccccc4c3c2)cc1. The fourth-order valence-corrected chi connectivity index (χ4v) is 5.28. The number of nitrogens with zero attached hydrogens (tertiary/aromatic N) is 1. The van der Waals surface area contributed by atoms with Crippen molar-refractivity contribution in [3.63, 3.8) is 0 Å². The average Bonchev–Trinajstić information content (AvgIpc) is 3.18. The van der Waals surface area contributed by atoms with Crippen LogP contribution in [0.3, 0.4) is 0 Å². The van der Waals surface area contributed by atoms with Crippen LogP contribution in [0, 0.1) is 0 Å². The van der Waals surface area contributed by atoms with Crippen LogP contribution in [-0.2, 0) is 0 Å². The maximum atomic E-state index is 2.35. The average molecular weight is 402 g/mol. The van der Waals surface area contributed by atoms with Gasteiger partial charge in [-0.25, -0.2) is 0 Å². The second kappa shape index (κ2) is 7.01. The first-order chi connectivity index (χ1) is 14.9. The molecule has 6 rings (SSSR count). The molecule has 1 heterocycles. The topological polar surface area (TPSA) is 3.24 Å². The van der Waals surface area contributed by atoms with Gasteiger partial charge in [0, 0.05) is 37.2 Å². The second-order valence-corrected chi connectivity index (χ2v) is 8.56. The number of hydrogen-bond donors (Lipinski definition) is 0. The Morgan fingerprint density at radius 3 is 2.00 bits per heavy atom. The lowest BCUT2D eigenvalue weighted by atomic mass is 10.1. The number of thiophene rings is 1. The summed E-state index contributed by atoms with van der Waals surface area (Å²) in [5.74, 6) is 0. The molecule has 30 heavy (non-hydrogen) atoms. The van der Waals surface area contributed by atoms with Crippen molar-refractivity contribution in [2.24, 2.45) is 0 Å². The van der Waals surface area contributed by atoms with Crippen LogP contribution in [0.1, 0.15) is 0 Å². The number of anilines is 3. The van der Waals surface area contributed by atoms with E-state index in [9.17, 15) is 0 Å². The fourth-order valence-electron chi connectivity index (χ4n) is 4.19. The predicted octanol–water partition coefficient (Wildman–Crippen LogP) is 8.68. The van der Waals surface area contributed by atoms with E-state index in [2.05, 4.69) is 120 Å². The highest BCUT2D eigenvalue weighted by Crippen LogP contribution is 2.40. The van der Waals surface area contributed by atoms with Gasteiger partial charge in [-0.3, -0.25) is 0 Å². The first-order valence-electron chi connectivity index (χ1n) is 10.1. The molecule has 0 atom stereocenters. The Morgan fingerprint density at radius 1 is 0.433 bits per heavy atom. The Bertz CT molecular complexity index is 1500. The van der Waals surface area contributed by atoms with Crippen molar-refractivity contribution >= 4 is 59.3 Å². The van der Waals surface area contributed by atoms with E-state index in [0.29, 0.717) is 0 Å². The van der Waals surface area contributed by atoms with Gasteiger partial charge in [-0.15, -0.1) is 11.3 Å². The Balaban J connectivity index is 1.59. The van der Waals surface area contributed by atoms with Gasteiger partial charge in [0.25, 0.3) is 0 Å². The molecule has 142 valence electrons. The molecule has 6 aromatic rings. The highest BCUT2D eigenvalue weighted by Gasteiger charge is 2.14. The molecule has 2 heteroatoms. The lowest BCUT2D eigenvalue weighted by Crippen LogP contribution is -2.09. The Kier molecular flexibility index (Phi) is 4.03. The van der Waals surface area contributed by atoms with Crippen LogP contribution in [-0.4, -0.2) is 0 Å². The van der Waals surface area contributed by atoms with Crippen molar-refractivity contribution in [2.45, 2.75) is 0 Å². The summed E-state index contributed by atoms with van der Waals surface area (Å²) in [6.45, 7) is 0. The molecule has 0 fully saturated rings. The standard InChI is InChI=1S/C28H19NS/c1-2-10-22(11-3-1)29(23-15-14-20-8-4-5-9-21(20)18-23)24-16-17-28-26(19-24)25-12-6-7-13-27(25)30-28/h1-19H. The minimum atomic E-state index is 1.16. The minimum absolute atomic E-state index is 1.16. The van der Waals surface area contributed by atoms with E-state index in [1.165, 1.54) is 42.3 Å². The maximum Gasteiger partial charge on any atom is 0.0468 e. The molecule has 0 aliphatic heterocycles. The van der Waals surface area contributed by atoms with Gasteiger partial charge in [-0.2, -0.15) is 0 Å². The Labute approximate surface area is 179 Å². The molecule has 1 nitrogen and oxygen atoms in total. The van der Waals surface area contributed by atoms with E-state index in [-0.39, 0.29) is 0 Å². The summed E-state index contributed by atoms with van der Waals surface area (Å²) in [5.41, 5.74) is 3.50. The van der Waals surface area contributed by atoms with Gasteiger partial charge in [-0.1, -0.05) is 66.7 Å². The summed E-state index contributed by atoms with van der Waals surface area (Å²) in [7, 11) is 0. The molecule has 0 N–H and O–H groups in total. The molecular formula is C28H19NS. The van der Waals surface area contributed by atoms with Crippen molar-refractivity contribution in [1.29, 1.82) is 0 Å². The molecule has 0 radical (unpaired) electrons. The van der Waals surface area contributed by atoms with Gasteiger partial charge in [-0.05, 0) is 59.3 Å². The lowest BCUT2D eigenvalue weighted by Gasteiger charge is -2.26. The molecule has 0 spiro atoms. The third-order valence-corrected chi connectivity index (χ3v) is 6.78. The smallest absolute Gasteiger partial charge is 0.0468 e. The maximum absolute atomic E-state index is 2.35. The van der Waals surface area contributed by atoms with Crippen molar-refractivity contribution in [1.82, 2.24) is 0 Å². The molecule has 0 bridgehead atoms. The quantitative estimate of drug-likeness (QED) is 0.287. The summed E-state index contributed by atoms with van der Waals surface area (Å²) < 4.78 is 2.66. The summed E-state index contributed by atoms with van der Waals surface area (Å²) >= 11 is 1.86. The zero-order valence-electron chi connectivity index (χ0n) is 16.3. The molecule has 1 aromatic heterocycles. The number of benzene rings is 5. The number of rotatable bonds is 3. The van der Waals surface area contributed by atoms with Gasteiger partial charge in [0.2, 0.25) is 0 Å². The first kappa shape index (κ1) is 17.3. The van der Waals surface area contributed by atoms with E-state index in [0.717, 1.165) is 5.69 Å². The van der Waals surface area contributed by atoms with Crippen molar-refractivity contribution < 1.29 is 0 Å². The summed E-state index contributed by atoms with van der Waals surface area (Å²) in [4.78, 5) is 2.35. The normalized spacial score (nSPS) is 11.3. The molecule has 0 amide bonds. The zero-order valence-corrected chi connectivity index (χ0v) is 17.1. The molecule has 0 aliphatic carbocycles. The summed E-state index contributed by atoms with van der Waals surface area (Å²) in [6.07, 6.45) is 0. The predicted molar refractivity (Wildman–Crippen MR) is 132 cm³/mol. The van der Waals surface area contributed by atoms with Gasteiger partial charge in [0.15, 0.2) is 0 Å². The first-order valence-corrected chi connectivity index (χ1v) is 10.9. The number of hydrogen-bond acceptors (Lipinski definition) is 2. The second-order valence-electron chi connectivity index (χ2n) is 7.48. The van der Waals surface area contributed by atoms with Crippen LogP contribution in [0.25, 0.3) is 30.9 Å². The zero-order chi connectivity index (χ0) is 19.9. The molecule has 0 saturated heterocycles. The van der Waals surface area contributed by atoms with E-state index >= 15 is 0 Å². The van der Waals surface area contributed by atoms with Crippen LogP contribution in [0.15, 0.2) is 115 Å². The third kappa shape index (κ3) is 2.85. The van der Waals surface area contributed by atoms with Gasteiger partial charge in [0.1, 0.15) is 0 Å². The highest BCUT2D eigenvalue weighted by atomic mass is 32.1. The summed E-state index contributed by atoms with van der Waals surface area (Å²) in [5, 5.41) is 5.15. The van der Waals surface area contributed by atoms with E-state index < -0.39 is 0 Å². The summed E-state index contributed by atoms with van der Waals surface area (Å²) in [6, 6.07) is 41.3. The Morgan fingerprint density at radius 2 is 1.10 bits per heavy atom. The van der Waals surface area contributed by atoms with Crippen LogP contribution in [0.2, 0.25) is 0 Å². The molecule has 0 aliphatic rings. The molecular weight excluding hydrogens is 382 g/mol. The molecule has 5 aromatic carbocycles. The largest absolute Gasteiger partial charge is 0.310 e. The highest BCUT2D eigenvalue weighted by molar-refractivity contribution is 7.25. The lowest BCUT2D eigenvalue weighted by molar-refractivity contribution is 1.30. The Hall–Kier alpha value is -3.62. The minimum Gasteiger partial charge on any atom is -0.310 e. The number of fused-ring (bicyclic) bond motifs is 4. The molecule has 0 saturated carbocycles. The van der Waals surface area contributed by atoms with Gasteiger partial charge < -0.3 is 4.90 Å². The van der Waals surface area contributed by atoms with Gasteiger partial charge in [0.05, 0.1) is 0 Å². The van der Waals surface area contributed by atoms with Crippen LogP contribution in [0.5, 0.6) is 0 Å². The van der Waals surface area contributed by atoms with E-state index in [1.807, 2.05) is 11.3 Å². The van der Waals surface area contributed by atoms with Gasteiger partial charge >= 0.3 is 0 Å². The van der Waals surface area contributed by atoms with Crippen molar-refractivity contribution in [3.05, 3.63) is 115 Å². The fraction of sp³-hybridized carbons (Fsp3) is 0. The monoisotopic (exact) mass is 401 g/mol. The van der Waals surface area contributed by atoms with Crippen LogP contribution < -0.4 is 4.90 Å². The third-order valence-electron chi connectivity index (χ3n) is 5.62. The van der Waals surface area contributed by atoms with Crippen molar-refractivity contribution in [3.8, 4) is 0 Å². The van der Waals surface area contributed by atoms with Crippen LogP contribution >= 0.6 is 11.3 Å². The van der Waals surface area contributed by atoms with E-state index in [4.69, 9.17) is 0 Å². The molecule has 0 unspecified atom stereocenters. The van der Waals surface area contributed by atoms with E-state index in [1.54, 1.807) is 0 Å². The van der Waals surface area contributed by atoms with Crippen molar-refractivity contribution in [2.75, 3.05) is 4.90 Å². The van der Waals surface area contributed by atoms with Crippen LogP contribution in [0.4, 0.5) is 17.1 Å².